The quantitative estimate of drug-likeness (QED) is 0.773. The summed E-state index contributed by atoms with van der Waals surface area (Å²) in [6, 6.07) is 2.88. The number of carboxylic acid groups (broad SMARTS) is 1. The molecule has 1 aromatic carbocycles. The van der Waals surface area contributed by atoms with Crippen molar-refractivity contribution in [2.45, 2.75) is 25.3 Å². The molecule has 2 atom stereocenters. The molecule has 1 rings (SSSR count). The first kappa shape index (κ1) is 14.5. The molecule has 100 valence electrons. The summed E-state index contributed by atoms with van der Waals surface area (Å²) in [6.07, 6.45) is -8.69. The lowest BCUT2D eigenvalue weighted by Gasteiger charge is -2.17. The van der Waals surface area contributed by atoms with Gasteiger partial charge >= 0.3 is 12.1 Å². The number of halogens is 3. The number of carbonyl (C=O) groups is 1. The zero-order valence-electron chi connectivity index (χ0n) is 9.27. The molecule has 4 nitrogen and oxygen atoms in total. The number of carboxylic acids is 1. The fraction of sp³-hybridized carbons (Fsp3) is 0.364. The number of benzene rings is 1. The highest BCUT2D eigenvalue weighted by Crippen LogP contribution is 2.33. The van der Waals surface area contributed by atoms with Crippen LogP contribution in [0.4, 0.5) is 13.2 Å². The molecular formula is C11H11F3O4. The number of aryl methyl sites for hydroxylation is 1. The van der Waals surface area contributed by atoms with Crippen LogP contribution in [0.15, 0.2) is 18.2 Å². The van der Waals surface area contributed by atoms with Crippen LogP contribution in [-0.2, 0) is 11.0 Å². The van der Waals surface area contributed by atoms with Gasteiger partial charge in [0.25, 0.3) is 0 Å². The van der Waals surface area contributed by atoms with Gasteiger partial charge in [-0.1, -0.05) is 12.1 Å². The molecule has 2 unspecified atom stereocenters. The van der Waals surface area contributed by atoms with Gasteiger partial charge in [0, 0.05) is 0 Å². The van der Waals surface area contributed by atoms with Crippen LogP contribution in [0, 0.1) is 6.92 Å². The van der Waals surface area contributed by atoms with Crippen molar-refractivity contribution >= 4 is 5.97 Å². The normalized spacial score (nSPS) is 15.2. The van der Waals surface area contributed by atoms with Crippen molar-refractivity contribution in [3.8, 4) is 0 Å². The third-order valence-electron chi connectivity index (χ3n) is 2.46. The van der Waals surface area contributed by atoms with Crippen molar-refractivity contribution in [2.24, 2.45) is 0 Å². The summed E-state index contributed by atoms with van der Waals surface area (Å²) in [6.45, 7) is 1.24. The number of hydrogen-bond donors (Lipinski definition) is 3. The summed E-state index contributed by atoms with van der Waals surface area (Å²) in [5, 5.41) is 27.0. The van der Waals surface area contributed by atoms with Crippen molar-refractivity contribution in [1.29, 1.82) is 0 Å². The maximum atomic E-state index is 12.6. The van der Waals surface area contributed by atoms with Gasteiger partial charge in [0.1, 0.15) is 6.10 Å². The SMILES string of the molecule is Cc1ccc(C(O)C(O)C(=O)O)cc1C(F)(F)F. The molecule has 0 amide bonds. The van der Waals surface area contributed by atoms with Crippen LogP contribution in [0.1, 0.15) is 22.8 Å². The van der Waals surface area contributed by atoms with E-state index in [0.717, 1.165) is 12.1 Å². The van der Waals surface area contributed by atoms with Gasteiger partial charge in [-0.25, -0.2) is 4.79 Å². The Balaban J connectivity index is 3.17. The number of aliphatic hydroxyl groups excluding tert-OH is 2. The monoisotopic (exact) mass is 264 g/mol. The van der Waals surface area contributed by atoms with Crippen LogP contribution in [0.25, 0.3) is 0 Å². The van der Waals surface area contributed by atoms with E-state index in [0.29, 0.717) is 6.07 Å². The molecule has 1 aromatic rings. The minimum absolute atomic E-state index is 0.0525. The zero-order chi connectivity index (χ0) is 14.1. The Morgan fingerprint density at radius 2 is 1.83 bits per heavy atom. The average molecular weight is 264 g/mol. The molecule has 0 heterocycles. The minimum Gasteiger partial charge on any atom is -0.479 e. The van der Waals surface area contributed by atoms with Gasteiger partial charge in [0.15, 0.2) is 6.10 Å². The van der Waals surface area contributed by atoms with Crippen molar-refractivity contribution in [3.63, 3.8) is 0 Å². The van der Waals surface area contributed by atoms with E-state index in [2.05, 4.69) is 0 Å². The van der Waals surface area contributed by atoms with E-state index in [9.17, 15) is 23.1 Å². The number of aliphatic carboxylic acids is 1. The summed E-state index contributed by atoms with van der Waals surface area (Å²) in [4.78, 5) is 10.4. The predicted molar refractivity (Wildman–Crippen MR) is 54.8 cm³/mol. The van der Waals surface area contributed by atoms with Crippen molar-refractivity contribution in [3.05, 3.63) is 34.9 Å². The van der Waals surface area contributed by atoms with Gasteiger partial charge in [-0.05, 0) is 24.1 Å². The Hall–Kier alpha value is -1.60. The molecule has 0 radical (unpaired) electrons. The molecule has 0 aliphatic carbocycles. The van der Waals surface area contributed by atoms with Gasteiger partial charge in [-0.3, -0.25) is 0 Å². The number of alkyl halides is 3. The fourth-order valence-electron chi connectivity index (χ4n) is 1.45. The summed E-state index contributed by atoms with van der Waals surface area (Å²) in [5.74, 6) is -1.71. The van der Waals surface area contributed by atoms with Gasteiger partial charge in [-0.15, -0.1) is 0 Å². The maximum absolute atomic E-state index is 12.6. The Kier molecular flexibility index (Phi) is 3.98. The van der Waals surface area contributed by atoms with Crippen LogP contribution in [-0.4, -0.2) is 27.4 Å². The predicted octanol–water partition coefficient (Wildman–Crippen LogP) is 1.49. The Labute approximate surface area is 100 Å². The molecule has 0 aliphatic heterocycles. The highest BCUT2D eigenvalue weighted by Gasteiger charge is 2.34. The Morgan fingerprint density at radius 1 is 1.28 bits per heavy atom. The largest absolute Gasteiger partial charge is 0.479 e. The minimum atomic E-state index is -4.60. The highest BCUT2D eigenvalue weighted by atomic mass is 19.4. The van der Waals surface area contributed by atoms with Gasteiger partial charge in [-0.2, -0.15) is 13.2 Å². The smallest absolute Gasteiger partial charge is 0.416 e. The molecular weight excluding hydrogens is 253 g/mol. The van der Waals surface area contributed by atoms with E-state index in [1.807, 2.05) is 0 Å². The molecule has 0 spiro atoms. The first-order valence-electron chi connectivity index (χ1n) is 4.91. The molecule has 3 N–H and O–H groups in total. The fourth-order valence-corrected chi connectivity index (χ4v) is 1.45. The molecule has 0 bridgehead atoms. The van der Waals surface area contributed by atoms with Crippen molar-refractivity contribution in [1.82, 2.24) is 0 Å². The third kappa shape index (κ3) is 2.99. The highest BCUT2D eigenvalue weighted by molar-refractivity contribution is 5.73. The van der Waals surface area contributed by atoms with E-state index in [-0.39, 0.29) is 11.1 Å². The molecule has 0 aliphatic rings. The first-order valence-corrected chi connectivity index (χ1v) is 4.91. The van der Waals surface area contributed by atoms with Gasteiger partial charge < -0.3 is 15.3 Å². The van der Waals surface area contributed by atoms with Crippen LogP contribution in [0.5, 0.6) is 0 Å². The first-order chi connectivity index (χ1) is 8.14. The lowest BCUT2D eigenvalue weighted by molar-refractivity contribution is -0.153. The van der Waals surface area contributed by atoms with E-state index in [1.165, 1.54) is 6.92 Å². The molecule has 0 saturated heterocycles. The second-order valence-corrected chi connectivity index (χ2v) is 3.80. The summed E-state index contributed by atoms with van der Waals surface area (Å²) in [5.41, 5.74) is -1.33. The molecule has 0 fully saturated rings. The molecule has 0 aromatic heterocycles. The van der Waals surface area contributed by atoms with Crippen LogP contribution >= 0.6 is 0 Å². The van der Waals surface area contributed by atoms with Crippen LogP contribution in [0.3, 0.4) is 0 Å². The topological polar surface area (TPSA) is 77.8 Å². The van der Waals surface area contributed by atoms with Crippen molar-refractivity contribution in [2.75, 3.05) is 0 Å². The lowest BCUT2D eigenvalue weighted by Crippen LogP contribution is -2.27. The van der Waals surface area contributed by atoms with E-state index >= 15 is 0 Å². The lowest BCUT2D eigenvalue weighted by atomic mass is 9.98. The number of aliphatic hydroxyl groups is 2. The second kappa shape index (κ2) is 4.95. The Bertz CT molecular complexity index is 456. The van der Waals surface area contributed by atoms with E-state index in [1.54, 1.807) is 0 Å². The zero-order valence-corrected chi connectivity index (χ0v) is 9.27. The van der Waals surface area contributed by atoms with Gasteiger partial charge in [0.2, 0.25) is 0 Å². The third-order valence-corrected chi connectivity index (χ3v) is 2.46. The summed E-state index contributed by atoms with van der Waals surface area (Å²) in [7, 11) is 0. The van der Waals surface area contributed by atoms with E-state index in [4.69, 9.17) is 10.2 Å². The van der Waals surface area contributed by atoms with Crippen molar-refractivity contribution < 1.29 is 33.3 Å². The number of rotatable bonds is 3. The summed E-state index contributed by atoms with van der Waals surface area (Å²) >= 11 is 0. The van der Waals surface area contributed by atoms with Crippen LogP contribution < -0.4 is 0 Å². The Morgan fingerprint density at radius 3 is 2.28 bits per heavy atom. The van der Waals surface area contributed by atoms with E-state index < -0.39 is 29.9 Å². The van der Waals surface area contributed by atoms with Gasteiger partial charge in [0.05, 0.1) is 5.56 Å². The van der Waals surface area contributed by atoms with Crippen LogP contribution in [0.2, 0.25) is 0 Å². The standard InChI is InChI=1S/C11H11F3O4/c1-5-2-3-6(4-7(5)11(12,13)14)8(15)9(16)10(17)18/h2-4,8-9,15-16H,1H3,(H,17,18). The molecule has 7 heteroatoms. The molecule has 0 saturated carbocycles. The maximum Gasteiger partial charge on any atom is 0.416 e. The summed E-state index contributed by atoms with van der Waals surface area (Å²) < 4.78 is 37.8. The second-order valence-electron chi connectivity index (χ2n) is 3.80. The average Bonchev–Trinajstić information content (AvgIpc) is 2.26. The number of hydrogen-bond acceptors (Lipinski definition) is 3. The molecule has 18 heavy (non-hydrogen) atoms.